The Morgan fingerprint density at radius 1 is 0.905 bits per heavy atom. The lowest BCUT2D eigenvalue weighted by Crippen LogP contribution is -2.22. The molecule has 0 saturated carbocycles. The van der Waals surface area contributed by atoms with Crippen LogP contribution in [0.4, 0.5) is 0 Å². The quantitative estimate of drug-likeness (QED) is 0.295. The van der Waals surface area contributed by atoms with Gasteiger partial charge in [-0.25, -0.2) is 4.57 Å². The summed E-state index contributed by atoms with van der Waals surface area (Å²) in [5.41, 5.74) is 11.9. The first-order valence-corrected chi connectivity index (χ1v) is 7.35. The molecule has 112 valence electrons. The molecule has 8 heteroatoms. The molecule has 21 heavy (non-hydrogen) atoms. The van der Waals surface area contributed by atoms with Gasteiger partial charge in [-0.3, -0.25) is 14.4 Å². The van der Waals surface area contributed by atoms with Gasteiger partial charge in [-0.15, -0.1) is 0 Å². The van der Waals surface area contributed by atoms with Gasteiger partial charge in [0.1, 0.15) is 0 Å². The van der Waals surface area contributed by atoms with Crippen LogP contribution in [-0.2, 0) is 9.19 Å². The lowest BCUT2D eigenvalue weighted by atomic mass is 10.1. The predicted molar refractivity (Wildman–Crippen MR) is 80.8 cm³/mol. The SMILES string of the molecule is NC(N)=NOP(=O)(O)O.c1ccc(-c2ccccc2)cc1. The van der Waals surface area contributed by atoms with Crippen LogP contribution in [0.15, 0.2) is 65.8 Å². The van der Waals surface area contributed by atoms with Crippen molar-refractivity contribution in [2.24, 2.45) is 16.6 Å². The van der Waals surface area contributed by atoms with E-state index < -0.39 is 13.8 Å². The highest BCUT2D eigenvalue weighted by molar-refractivity contribution is 7.46. The topological polar surface area (TPSA) is 131 Å². The predicted octanol–water partition coefficient (Wildman–Crippen LogP) is 1.64. The lowest BCUT2D eigenvalue weighted by Gasteiger charge is -1.98. The van der Waals surface area contributed by atoms with E-state index in [2.05, 4.69) is 69.8 Å². The third-order valence-corrected chi connectivity index (χ3v) is 2.43. The van der Waals surface area contributed by atoms with Crippen molar-refractivity contribution in [2.45, 2.75) is 0 Å². The summed E-state index contributed by atoms with van der Waals surface area (Å²) in [6, 6.07) is 20.8. The zero-order valence-electron chi connectivity index (χ0n) is 11.0. The fraction of sp³-hybridized carbons (Fsp3) is 0. The summed E-state index contributed by atoms with van der Waals surface area (Å²) in [5.74, 6) is -0.543. The van der Waals surface area contributed by atoms with Crippen LogP contribution < -0.4 is 11.5 Å². The Labute approximate surface area is 122 Å². The maximum absolute atomic E-state index is 9.79. The maximum Gasteiger partial charge on any atom is 0.545 e. The van der Waals surface area contributed by atoms with Crippen LogP contribution in [0, 0.1) is 0 Å². The summed E-state index contributed by atoms with van der Waals surface area (Å²) < 4.78 is 13.3. The molecule has 0 heterocycles. The first kappa shape index (κ1) is 16.7. The molecular formula is C13H16N3O4P. The average Bonchev–Trinajstić information content (AvgIpc) is 2.47. The maximum atomic E-state index is 9.79. The number of guanidine groups is 1. The molecule has 0 spiro atoms. The van der Waals surface area contributed by atoms with E-state index in [1.54, 1.807) is 0 Å². The van der Waals surface area contributed by atoms with Gasteiger partial charge in [-0.2, -0.15) is 0 Å². The Kier molecular flexibility index (Phi) is 6.42. The van der Waals surface area contributed by atoms with Crippen molar-refractivity contribution in [1.29, 1.82) is 0 Å². The molecule has 2 aromatic rings. The molecule has 0 amide bonds. The van der Waals surface area contributed by atoms with Crippen molar-refractivity contribution in [2.75, 3.05) is 0 Å². The zero-order chi connectivity index (χ0) is 15.7. The second-order valence-electron chi connectivity index (χ2n) is 3.82. The van der Waals surface area contributed by atoms with Gasteiger partial charge >= 0.3 is 7.82 Å². The Morgan fingerprint density at radius 3 is 1.52 bits per heavy atom. The van der Waals surface area contributed by atoms with Crippen molar-refractivity contribution in [3.63, 3.8) is 0 Å². The van der Waals surface area contributed by atoms with Gasteiger partial charge in [0.2, 0.25) is 5.96 Å². The molecule has 0 atom stereocenters. The molecule has 0 radical (unpaired) electrons. The van der Waals surface area contributed by atoms with E-state index in [4.69, 9.17) is 9.79 Å². The van der Waals surface area contributed by atoms with Gasteiger partial charge in [-0.05, 0) is 16.3 Å². The van der Waals surface area contributed by atoms with Gasteiger partial charge in [0.15, 0.2) is 0 Å². The van der Waals surface area contributed by atoms with Crippen LogP contribution >= 0.6 is 7.82 Å². The molecule has 0 fully saturated rings. The van der Waals surface area contributed by atoms with Gasteiger partial charge < -0.3 is 11.5 Å². The number of nitrogens with two attached hydrogens (primary N) is 2. The van der Waals surface area contributed by atoms with Crippen LogP contribution in [0.1, 0.15) is 0 Å². The van der Waals surface area contributed by atoms with Crippen molar-refractivity contribution in [3.8, 4) is 11.1 Å². The zero-order valence-corrected chi connectivity index (χ0v) is 11.9. The Hall–Kier alpha value is -2.34. The summed E-state index contributed by atoms with van der Waals surface area (Å²) in [4.78, 5) is 15.9. The Morgan fingerprint density at radius 2 is 1.29 bits per heavy atom. The molecule has 0 aliphatic carbocycles. The van der Waals surface area contributed by atoms with Crippen molar-refractivity contribution in [3.05, 3.63) is 60.7 Å². The summed E-state index contributed by atoms with van der Waals surface area (Å²) in [7, 11) is -4.57. The molecule has 0 saturated heterocycles. The van der Waals surface area contributed by atoms with Gasteiger partial charge in [0.05, 0.1) is 0 Å². The molecule has 7 nitrogen and oxygen atoms in total. The fourth-order valence-corrected chi connectivity index (χ4v) is 1.56. The highest BCUT2D eigenvalue weighted by Crippen LogP contribution is 2.35. The van der Waals surface area contributed by atoms with Crippen LogP contribution in [0.2, 0.25) is 0 Å². The minimum Gasteiger partial charge on any atom is -0.367 e. The monoisotopic (exact) mass is 309 g/mol. The van der Waals surface area contributed by atoms with E-state index in [-0.39, 0.29) is 0 Å². The number of hydrogen-bond donors (Lipinski definition) is 4. The van der Waals surface area contributed by atoms with Gasteiger partial charge in [-0.1, -0.05) is 60.7 Å². The summed E-state index contributed by atoms with van der Waals surface area (Å²) in [6.45, 7) is 0. The van der Waals surface area contributed by atoms with Gasteiger partial charge in [0, 0.05) is 0 Å². The number of nitrogens with zero attached hydrogens (tertiary/aromatic N) is 1. The van der Waals surface area contributed by atoms with E-state index in [0.29, 0.717) is 0 Å². The molecule has 0 aliphatic rings. The normalized spacial score (nSPS) is 10.0. The Balaban J connectivity index is 0.000000222. The molecule has 0 unspecified atom stereocenters. The molecular weight excluding hydrogens is 293 g/mol. The van der Waals surface area contributed by atoms with Gasteiger partial charge in [0.25, 0.3) is 0 Å². The average molecular weight is 309 g/mol. The molecule has 2 rings (SSSR count). The first-order chi connectivity index (χ1) is 9.88. The molecule has 6 N–H and O–H groups in total. The number of oxime groups is 1. The number of phosphoric acid groups is 1. The minimum atomic E-state index is -4.57. The van der Waals surface area contributed by atoms with E-state index in [9.17, 15) is 4.57 Å². The molecule has 0 aliphatic heterocycles. The minimum absolute atomic E-state index is 0.543. The largest absolute Gasteiger partial charge is 0.545 e. The highest BCUT2D eigenvalue weighted by Gasteiger charge is 2.13. The first-order valence-electron chi connectivity index (χ1n) is 5.82. The van der Waals surface area contributed by atoms with Crippen LogP contribution in [0.25, 0.3) is 11.1 Å². The van der Waals surface area contributed by atoms with Crippen molar-refractivity contribution < 1.29 is 19.0 Å². The fourth-order valence-electron chi connectivity index (χ4n) is 1.36. The van der Waals surface area contributed by atoms with Crippen LogP contribution in [-0.4, -0.2) is 15.7 Å². The number of benzene rings is 2. The second-order valence-corrected chi connectivity index (χ2v) is 4.96. The van der Waals surface area contributed by atoms with E-state index in [1.165, 1.54) is 11.1 Å². The van der Waals surface area contributed by atoms with Crippen LogP contribution in [0.3, 0.4) is 0 Å². The molecule has 0 aromatic heterocycles. The van der Waals surface area contributed by atoms with Crippen molar-refractivity contribution in [1.82, 2.24) is 0 Å². The van der Waals surface area contributed by atoms with E-state index >= 15 is 0 Å². The van der Waals surface area contributed by atoms with Crippen LogP contribution in [0.5, 0.6) is 0 Å². The lowest BCUT2D eigenvalue weighted by molar-refractivity contribution is 0.204. The highest BCUT2D eigenvalue weighted by atomic mass is 31.2. The molecule has 0 bridgehead atoms. The molecule has 2 aromatic carbocycles. The summed E-state index contributed by atoms with van der Waals surface area (Å²) >= 11 is 0. The smallest absolute Gasteiger partial charge is 0.367 e. The summed E-state index contributed by atoms with van der Waals surface area (Å²) in [5, 5.41) is 2.60. The summed E-state index contributed by atoms with van der Waals surface area (Å²) in [6.07, 6.45) is 0. The number of rotatable bonds is 3. The number of hydrogen-bond acceptors (Lipinski definition) is 3. The van der Waals surface area contributed by atoms with E-state index in [1.807, 2.05) is 12.1 Å². The Bertz CT molecular complexity index is 572. The standard InChI is InChI=1S/C12H10.CH6N3O4P/c1-3-7-11(8-4-1)12-9-5-2-6-10-12;2-1(3)4-8-9(5,6)7/h1-10H;(H4,2,3,4)(H2,5,6,7). The van der Waals surface area contributed by atoms with Crippen molar-refractivity contribution >= 4 is 13.8 Å². The second kappa shape index (κ2) is 8.06. The third kappa shape index (κ3) is 7.74. The van der Waals surface area contributed by atoms with E-state index in [0.717, 1.165) is 0 Å². The third-order valence-electron chi connectivity index (χ3n) is 2.13.